The summed E-state index contributed by atoms with van der Waals surface area (Å²) in [6.07, 6.45) is 3.48. The van der Waals surface area contributed by atoms with Crippen molar-refractivity contribution in [2.75, 3.05) is 0 Å². The van der Waals surface area contributed by atoms with Crippen LogP contribution in [0.4, 0.5) is 0 Å². The molecule has 0 saturated heterocycles. The second-order valence-corrected chi connectivity index (χ2v) is 3.70. The van der Waals surface area contributed by atoms with Gasteiger partial charge in [-0.15, -0.1) is 11.3 Å². The van der Waals surface area contributed by atoms with Crippen molar-refractivity contribution >= 4 is 17.3 Å². The predicted octanol–water partition coefficient (Wildman–Crippen LogP) is 1.69. The maximum atomic E-state index is 10.8. The second kappa shape index (κ2) is 3.63. The highest BCUT2D eigenvalue weighted by Crippen LogP contribution is 2.17. The smallest absolute Gasteiger partial charge is 0.346 e. The Kier molecular flexibility index (Phi) is 2.32. The summed E-state index contributed by atoms with van der Waals surface area (Å²) in [6.45, 7) is 0.512. The van der Waals surface area contributed by atoms with Crippen LogP contribution < -0.4 is 0 Å². The van der Waals surface area contributed by atoms with E-state index in [1.807, 2.05) is 18.3 Å². The van der Waals surface area contributed by atoms with Gasteiger partial charge in [-0.25, -0.2) is 4.79 Å². The Bertz CT molecular complexity index is 433. The molecule has 0 spiro atoms. The van der Waals surface area contributed by atoms with Crippen molar-refractivity contribution in [3.63, 3.8) is 0 Å². The molecule has 0 aromatic carbocycles. The summed E-state index contributed by atoms with van der Waals surface area (Å²) in [5.74, 6) is -0.873. The summed E-state index contributed by atoms with van der Waals surface area (Å²) >= 11 is 1.24. The highest BCUT2D eigenvalue weighted by molar-refractivity contribution is 7.12. The Labute approximate surface area is 84.4 Å². The molecule has 5 heteroatoms. The molecule has 2 aromatic rings. The molecule has 2 aromatic heterocycles. The Morgan fingerprint density at radius 3 is 3.14 bits per heavy atom. The summed E-state index contributed by atoms with van der Waals surface area (Å²) in [6, 6.07) is 3.63. The Balaban J connectivity index is 2.25. The van der Waals surface area contributed by atoms with E-state index in [1.165, 1.54) is 11.3 Å². The van der Waals surface area contributed by atoms with E-state index in [0.29, 0.717) is 11.4 Å². The highest BCUT2D eigenvalue weighted by atomic mass is 32.1. The van der Waals surface area contributed by atoms with Gasteiger partial charge in [0.2, 0.25) is 0 Å². The Morgan fingerprint density at radius 2 is 2.50 bits per heavy atom. The normalized spacial score (nSPS) is 10.3. The maximum Gasteiger partial charge on any atom is 0.346 e. The lowest BCUT2D eigenvalue weighted by Gasteiger charge is -2.00. The molecule has 0 radical (unpaired) electrons. The van der Waals surface area contributed by atoms with E-state index in [2.05, 4.69) is 5.10 Å². The summed E-state index contributed by atoms with van der Waals surface area (Å²) in [7, 11) is 0. The van der Waals surface area contributed by atoms with E-state index in [-0.39, 0.29) is 0 Å². The fourth-order valence-electron chi connectivity index (χ4n) is 1.22. The number of thiophene rings is 1. The van der Waals surface area contributed by atoms with Crippen LogP contribution in [0.5, 0.6) is 0 Å². The molecule has 0 aliphatic carbocycles. The predicted molar refractivity (Wildman–Crippen MR) is 52.6 cm³/mol. The molecular weight excluding hydrogens is 200 g/mol. The molecule has 2 heterocycles. The zero-order valence-electron chi connectivity index (χ0n) is 7.25. The third-order valence-corrected chi connectivity index (χ3v) is 2.78. The van der Waals surface area contributed by atoms with Gasteiger partial charge < -0.3 is 5.11 Å². The quantitative estimate of drug-likeness (QED) is 0.835. The zero-order valence-corrected chi connectivity index (χ0v) is 8.07. The van der Waals surface area contributed by atoms with Crippen LogP contribution in [0.1, 0.15) is 15.2 Å². The minimum atomic E-state index is -0.873. The number of nitrogens with zero attached hydrogens (tertiary/aromatic N) is 2. The van der Waals surface area contributed by atoms with Crippen LogP contribution in [-0.4, -0.2) is 20.9 Å². The Hall–Kier alpha value is -1.62. The molecule has 0 bridgehead atoms. The van der Waals surface area contributed by atoms with Gasteiger partial charge in [0.25, 0.3) is 0 Å². The fourth-order valence-corrected chi connectivity index (χ4v) is 1.97. The fraction of sp³-hybridized carbons (Fsp3) is 0.111. The van der Waals surface area contributed by atoms with Gasteiger partial charge in [-0.3, -0.25) is 4.68 Å². The molecular formula is C9H8N2O2S. The first kappa shape index (κ1) is 8.96. The minimum absolute atomic E-state index is 0.389. The number of carbonyl (C=O) groups is 1. The molecule has 0 aliphatic rings. The van der Waals surface area contributed by atoms with Gasteiger partial charge in [-0.1, -0.05) is 0 Å². The number of hydrogen-bond acceptors (Lipinski definition) is 3. The number of carboxylic acids is 1. The number of aromatic nitrogens is 2. The van der Waals surface area contributed by atoms with Gasteiger partial charge in [0.1, 0.15) is 4.88 Å². The topological polar surface area (TPSA) is 55.1 Å². The minimum Gasteiger partial charge on any atom is -0.477 e. The number of carboxylic acid groups (broad SMARTS) is 1. The van der Waals surface area contributed by atoms with Crippen molar-refractivity contribution < 1.29 is 9.90 Å². The largest absolute Gasteiger partial charge is 0.477 e. The van der Waals surface area contributed by atoms with Gasteiger partial charge in [0, 0.05) is 12.4 Å². The van der Waals surface area contributed by atoms with E-state index in [1.54, 1.807) is 16.3 Å². The number of aromatic carboxylic acids is 1. The van der Waals surface area contributed by atoms with Crippen molar-refractivity contribution in [2.24, 2.45) is 0 Å². The molecule has 1 N–H and O–H groups in total. The number of rotatable bonds is 3. The van der Waals surface area contributed by atoms with Crippen LogP contribution in [0.15, 0.2) is 29.9 Å². The van der Waals surface area contributed by atoms with Crippen LogP contribution in [0.2, 0.25) is 0 Å². The molecule has 0 fully saturated rings. The van der Waals surface area contributed by atoms with E-state index < -0.39 is 5.97 Å². The third kappa shape index (κ3) is 1.67. The lowest BCUT2D eigenvalue weighted by molar-refractivity contribution is 0.0701. The zero-order chi connectivity index (χ0) is 9.97. The lowest BCUT2D eigenvalue weighted by Crippen LogP contribution is -2.04. The summed E-state index contributed by atoms with van der Waals surface area (Å²) in [5.41, 5.74) is 0.797. The van der Waals surface area contributed by atoms with Gasteiger partial charge in [0.15, 0.2) is 0 Å². The first-order valence-electron chi connectivity index (χ1n) is 4.04. The molecule has 2 rings (SSSR count). The van der Waals surface area contributed by atoms with E-state index in [0.717, 1.165) is 5.56 Å². The van der Waals surface area contributed by atoms with Crippen molar-refractivity contribution in [3.05, 3.63) is 40.3 Å². The van der Waals surface area contributed by atoms with Crippen LogP contribution in [-0.2, 0) is 6.54 Å². The van der Waals surface area contributed by atoms with Crippen molar-refractivity contribution in [1.82, 2.24) is 9.78 Å². The first-order valence-corrected chi connectivity index (χ1v) is 4.92. The average Bonchev–Trinajstić information content (AvgIpc) is 2.75. The standard InChI is InChI=1S/C9H8N2O2S/c12-9(13)8-7(2-5-14-8)6-11-4-1-3-10-11/h1-5H,6H2,(H,12,13). The van der Waals surface area contributed by atoms with Crippen LogP contribution in [0, 0.1) is 0 Å². The van der Waals surface area contributed by atoms with Crippen molar-refractivity contribution in [3.8, 4) is 0 Å². The monoisotopic (exact) mass is 208 g/mol. The van der Waals surface area contributed by atoms with Gasteiger partial charge >= 0.3 is 5.97 Å². The molecule has 0 unspecified atom stereocenters. The maximum absolute atomic E-state index is 10.8. The number of hydrogen-bond donors (Lipinski definition) is 1. The molecule has 0 atom stereocenters. The SMILES string of the molecule is O=C(O)c1sccc1Cn1cccn1. The van der Waals surface area contributed by atoms with E-state index >= 15 is 0 Å². The van der Waals surface area contributed by atoms with Crippen molar-refractivity contribution in [1.29, 1.82) is 0 Å². The Morgan fingerprint density at radius 1 is 1.64 bits per heavy atom. The molecule has 72 valence electrons. The van der Waals surface area contributed by atoms with Crippen LogP contribution >= 0.6 is 11.3 Å². The third-order valence-electron chi connectivity index (χ3n) is 1.83. The first-order chi connectivity index (χ1) is 6.77. The molecule has 0 amide bonds. The van der Waals surface area contributed by atoms with Crippen molar-refractivity contribution in [2.45, 2.75) is 6.54 Å². The lowest BCUT2D eigenvalue weighted by atomic mass is 10.2. The van der Waals surface area contributed by atoms with Crippen LogP contribution in [0.3, 0.4) is 0 Å². The summed E-state index contributed by atoms with van der Waals surface area (Å²) < 4.78 is 1.70. The highest BCUT2D eigenvalue weighted by Gasteiger charge is 2.11. The average molecular weight is 208 g/mol. The molecule has 0 saturated carbocycles. The molecule has 4 nitrogen and oxygen atoms in total. The van der Waals surface area contributed by atoms with E-state index in [4.69, 9.17) is 5.11 Å². The van der Waals surface area contributed by atoms with Gasteiger partial charge in [-0.2, -0.15) is 5.10 Å². The summed E-state index contributed by atoms with van der Waals surface area (Å²) in [5, 5.41) is 14.7. The molecule has 0 aliphatic heterocycles. The van der Waals surface area contributed by atoms with Gasteiger partial charge in [0.05, 0.1) is 6.54 Å². The molecule has 14 heavy (non-hydrogen) atoms. The second-order valence-electron chi connectivity index (χ2n) is 2.78. The van der Waals surface area contributed by atoms with Crippen LogP contribution in [0.25, 0.3) is 0 Å². The van der Waals surface area contributed by atoms with Gasteiger partial charge in [-0.05, 0) is 23.1 Å². The van der Waals surface area contributed by atoms with E-state index in [9.17, 15) is 4.79 Å². The summed E-state index contributed by atoms with van der Waals surface area (Å²) in [4.78, 5) is 11.2.